The van der Waals surface area contributed by atoms with E-state index in [-0.39, 0.29) is 23.8 Å². The lowest BCUT2D eigenvalue weighted by molar-refractivity contribution is -0.134. The van der Waals surface area contributed by atoms with Crippen molar-refractivity contribution in [3.63, 3.8) is 0 Å². The van der Waals surface area contributed by atoms with E-state index in [4.69, 9.17) is 0 Å². The molecule has 0 aromatic rings. The molecular formula is C13H20N2O2. The third-order valence-electron chi connectivity index (χ3n) is 4.66. The molecule has 0 aromatic heterocycles. The number of carbonyl (C=O) groups excluding carboxylic acids is 1. The Kier molecular flexibility index (Phi) is 2.71. The van der Waals surface area contributed by atoms with E-state index in [0.717, 1.165) is 39.0 Å². The molecule has 2 fully saturated rings. The van der Waals surface area contributed by atoms with Crippen LogP contribution < -0.4 is 5.32 Å². The van der Waals surface area contributed by atoms with Gasteiger partial charge in [0.05, 0.1) is 6.61 Å². The van der Waals surface area contributed by atoms with Crippen molar-refractivity contribution < 1.29 is 9.90 Å². The highest BCUT2D eigenvalue weighted by atomic mass is 16.3. The molecule has 0 saturated carbocycles. The topological polar surface area (TPSA) is 52.6 Å². The number of nitrogens with zero attached hydrogens (tertiary/aromatic N) is 1. The average molecular weight is 236 g/mol. The highest BCUT2D eigenvalue weighted by Crippen LogP contribution is 2.39. The second-order valence-electron chi connectivity index (χ2n) is 5.71. The molecule has 3 rings (SSSR count). The molecule has 2 N–H and O–H groups in total. The minimum absolute atomic E-state index is 0.0678. The lowest BCUT2D eigenvalue weighted by Crippen LogP contribution is -2.39. The molecule has 1 amide bonds. The van der Waals surface area contributed by atoms with Gasteiger partial charge in [-0.1, -0.05) is 12.2 Å². The first-order valence-electron chi connectivity index (χ1n) is 6.50. The number of rotatable bonds is 2. The Bertz CT molecular complexity index is 347. The summed E-state index contributed by atoms with van der Waals surface area (Å²) in [6.07, 6.45) is 5.99. The minimum atomic E-state index is -0.0678. The predicted octanol–water partition coefficient (Wildman–Crippen LogP) is -0.00710. The van der Waals surface area contributed by atoms with Gasteiger partial charge in [-0.05, 0) is 18.8 Å². The number of fused-ring (bicyclic) bond motifs is 1. The molecule has 2 aliphatic heterocycles. The number of allylic oxidation sites excluding steroid dienone is 2. The Morgan fingerprint density at radius 3 is 2.88 bits per heavy atom. The van der Waals surface area contributed by atoms with E-state index in [2.05, 4.69) is 17.5 Å². The quantitative estimate of drug-likeness (QED) is 0.663. The first kappa shape index (κ1) is 11.2. The molecule has 4 heteroatoms. The number of amides is 1. The number of likely N-dealkylation sites (tertiary alicyclic amines) is 1. The summed E-state index contributed by atoms with van der Waals surface area (Å²) >= 11 is 0. The fraction of sp³-hybridized carbons (Fsp3) is 0.769. The van der Waals surface area contributed by atoms with Crippen molar-refractivity contribution in [2.24, 2.45) is 17.3 Å². The first-order valence-corrected chi connectivity index (χ1v) is 6.50. The van der Waals surface area contributed by atoms with Crippen LogP contribution in [0.2, 0.25) is 0 Å². The van der Waals surface area contributed by atoms with Crippen LogP contribution in [0.15, 0.2) is 12.2 Å². The van der Waals surface area contributed by atoms with Gasteiger partial charge < -0.3 is 15.3 Å². The Hall–Kier alpha value is -0.870. The summed E-state index contributed by atoms with van der Waals surface area (Å²) in [5.74, 6) is 0.889. The van der Waals surface area contributed by atoms with Crippen molar-refractivity contribution in [3.05, 3.63) is 12.2 Å². The Morgan fingerprint density at radius 1 is 1.47 bits per heavy atom. The monoisotopic (exact) mass is 236 g/mol. The van der Waals surface area contributed by atoms with E-state index in [0.29, 0.717) is 5.92 Å². The number of carbonyl (C=O) groups is 1. The van der Waals surface area contributed by atoms with E-state index in [9.17, 15) is 9.90 Å². The largest absolute Gasteiger partial charge is 0.396 e. The average Bonchev–Trinajstić information content (AvgIpc) is 3.03. The molecule has 0 spiro atoms. The van der Waals surface area contributed by atoms with Crippen molar-refractivity contribution in [1.29, 1.82) is 0 Å². The Labute approximate surface area is 102 Å². The lowest BCUT2D eigenvalue weighted by Gasteiger charge is -2.26. The summed E-state index contributed by atoms with van der Waals surface area (Å²) in [7, 11) is 0. The third-order valence-corrected chi connectivity index (χ3v) is 4.66. The van der Waals surface area contributed by atoms with Crippen LogP contribution in [0, 0.1) is 17.3 Å². The van der Waals surface area contributed by atoms with Crippen molar-refractivity contribution in [1.82, 2.24) is 10.2 Å². The van der Waals surface area contributed by atoms with Crippen molar-refractivity contribution in [2.75, 3.05) is 32.8 Å². The SMILES string of the molecule is O=C(C1CC=CC1)N1CC2CNCC2(CO)C1. The van der Waals surface area contributed by atoms with Gasteiger partial charge in [0.15, 0.2) is 0 Å². The van der Waals surface area contributed by atoms with Crippen LogP contribution in [0.4, 0.5) is 0 Å². The molecule has 2 atom stereocenters. The van der Waals surface area contributed by atoms with E-state index in [1.54, 1.807) is 0 Å². The molecule has 17 heavy (non-hydrogen) atoms. The van der Waals surface area contributed by atoms with Gasteiger partial charge in [-0.3, -0.25) is 4.79 Å². The standard InChI is InChI=1S/C13H20N2O2/c16-9-13-7-14-5-11(13)6-15(8-13)12(17)10-3-1-2-4-10/h1-2,10-11,14,16H,3-9H2. The van der Waals surface area contributed by atoms with Gasteiger partial charge in [-0.15, -0.1) is 0 Å². The Morgan fingerprint density at radius 2 is 2.24 bits per heavy atom. The van der Waals surface area contributed by atoms with Crippen LogP contribution in [0.1, 0.15) is 12.8 Å². The summed E-state index contributed by atoms with van der Waals surface area (Å²) in [6.45, 7) is 3.53. The summed E-state index contributed by atoms with van der Waals surface area (Å²) in [5, 5.41) is 12.9. The molecule has 4 nitrogen and oxygen atoms in total. The fourth-order valence-corrected chi connectivity index (χ4v) is 3.49. The normalized spacial score (nSPS) is 36.8. The molecule has 0 bridgehead atoms. The van der Waals surface area contributed by atoms with Gasteiger partial charge in [-0.2, -0.15) is 0 Å². The molecule has 1 aliphatic carbocycles. The van der Waals surface area contributed by atoms with Crippen molar-refractivity contribution in [2.45, 2.75) is 12.8 Å². The maximum absolute atomic E-state index is 12.3. The number of aliphatic hydroxyl groups excluding tert-OH is 1. The van der Waals surface area contributed by atoms with Gasteiger partial charge in [0.25, 0.3) is 0 Å². The van der Waals surface area contributed by atoms with Crippen LogP contribution in [-0.2, 0) is 4.79 Å². The van der Waals surface area contributed by atoms with E-state index in [1.807, 2.05) is 4.90 Å². The second-order valence-corrected chi connectivity index (χ2v) is 5.71. The molecule has 0 aromatic carbocycles. The van der Waals surface area contributed by atoms with Gasteiger partial charge in [0.2, 0.25) is 5.91 Å². The zero-order valence-corrected chi connectivity index (χ0v) is 10.1. The van der Waals surface area contributed by atoms with Crippen LogP contribution >= 0.6 is 0 Å². The number of nitrogens with one attached hydrogen (secondary N) is 1. The summed E-state index contributed by atoms with van der Waals surface area (Å²) in [4.78, 5) is 14.3. The molecule has 3 aliphatic rings. The number of hydrogen-bond donors (Lipinski definition) is 2. The van der Waals surface area contributed by atoms with Gasteiger partial charge >= 0.3 is 0 Å². The highest BCUT2D eigenvalue weighted by Gasteiger charge is 2.50. The second kappa shape index (κ2) is 4.10. The van der Waals surface area contributed by atoms with Gasteiger partial charge in [0.1, 0.15) is 0 Å². The third kappa shape index (κ3) is 1.70. The fourth-order valence-electron chi connectivity index (χ4n) is 3.49. The van der Waals surface area contributed by atoms with Gasteiger partial charge in [-0.25, -0.2) is 0 Å². The molecule has 94 valence electrons. The zero-order valence-electron chi connectivity index (χ0n) is 10.1. The Balaban J connectivity index is 1.69. The van der Waals surface area contributed by atoms with Crippen LogP contribution in [0.5, 0.6) is 0 Å². The number of hydrogen-bond acceptors (Lipinski definition) is 3. The van der Waals surface area contributed by atoms with E-state index in [1.165, 1.54) is 0 Å². The minimum Gasteiger partial charge on any atom is -0.396 e. The zero-order chi connectivity index (χ0) is 11.9. The maximum atomic E-state index is 12.3. The van der Waals surface area contributed by atoms with Crippen molar-refractivity contribution >= 4 is 5.91 Å². The molecule has 2 heterocycles. The predicted molar refractivity (Wildman–Crippen MR) is 64.3 cm³/mol. The van der Waals surface area contributed by atoms with E-state index >= 15 is 0 Å². The molecule has 0 radical (unpaired) electrons. The molecule has 2 unspecified atom stereocenters. The van der Waals surface area contributed by atoms with Gasteiger partial charge in [0, 0.05) is 37.5 Å². The maximum Gasteiger partial charge on any atom is 0.226 e. The van der Waals surface area contributed by atoms with Crippen LogP contribution in [0.3, 0.4) is 0 Å². The van der Waals surface area contributed by atoms with Crippen molar-refractivity contribution in [3.8, 4) is 0 Å². The molecular weight excluding hydrogens is 216 g/mol. The smallest absolute Gasteiger partial charge is 0.226 e. The summed E-state index contributed by atoms with van der Waals surface area (Å²) in [5.41, 5.74) is -0.0678. The van der Waals surface area contributed by atoms with Crippen LogP contribution in [0.25, 0.3) is 0 Å². The summed E-state index contributed by atoms with van der Waals surface area (Å²) in [6, 6.07) is 0. The molecule has 2 saturated heterocycles. The van der Waals surface area contributed by atoms with Crippen LogP contribution in [-0.4, -0.2) is 48.7 Å². The highest BCUT2D eigenvalue weighted by molar-refractivity contribution is 5.80. The number of aliphatic hydroxyl groups is 1. The lowest BCUT2D eigenvalue weighted by atomic mass is 9.82. The summed E-state index contributed by atoms with van der Waals surface area (Å²) < 4.78 is 0. The first-order chi connectivity index (χ1) is 8.25. The van der Waals surface area contributed by atoms with E-state index < -0.39 is 0 Å².